The van der Waals surface area contributed by atoms with Crippen LogP contribution in [-0.4, -0.2) is 18.7 Å². The van der Waals surface area contributed by atoms with Crippen molar-refractivity contribution in [1.29, 1.82) is 0 Å². The van der Waals surface area contributed by atoms with Gasteiger partial charge in [-0.1, -0.05) is 28.9 Å². The van der Waals surface area contributed by atoms with E-state index in [0.717, 1.165) is 5.56 Å². The first-order chi connectivity index (χ1) is 6.68. The number of carbonyl (C=O) groups is 1. The summed E-state index contributed by atoms with van der Waals surface area (Å²) in [4.78, 5) is 14.9. The zero-order valence-electron chi connectivity index (χ0n) is 7.31. The number of hydrogen-bond donors (Lipinski definition) is 1. The SMILES string of the molecule is NC(=O)CO/N=C/c1ccc(Cl)cc1. The molecule has 5 heteroatoms. The monoisotopic (exact) mass is 212 g/mol. The van der Waals surface area contributed by atoms with Gasteiger partial charge in [0.1, 0.15) is 0 Å². The fourth-order valence-corrected chi connectivity index (χ4v) is 0.874. The summed E-state index contributed by atoms with van der Waals surface area (Å²) in [5.74, 6) is -0.557. The molecule has 0 fully saturated rings. The predicted octanol–water partition coefficient (Wildman–Crippen LogP) is 1.18. The maximum atomic E-state index is 10.3. The predicted molar refractivity (Wildman–Crippen MR) is 54.2 cm³/mol. The third-order valence-electron chi connectivity index (χ3n) is 1.35. The molecule has 0 spiro atoms. The summed E-state index contributed by atoms with van der Waals surface area (Å²) in [6, 6.07) is 7.02. The number of nitrogens with zero attached hydrogens (tertiary/aromatic N) is 1. The molecule has 0 radical (unpaired) electrons. The number of benzene rings is 1. The standard InChI is InChI=1S/C9H9ClN2O2/c10-8-3-1-7(2-4-8)5-12-14-6-9(11)13/h1-5H,6H2,(H2,11,13)/b12-5+. The first-order valence-corrected chi connectivity index (χ1v) is 4.25. The van der Waals surface area contributed by atoms with Gasteiger partial charge in [0.25, 0.3) is 5.91 Å². The van der Waals surface area contributed by atoms with Crippen molar-refractivity contribution >= 4 is 23.7 Å². The van der Waals surface area contributed by atoms with E-state index < -0.39 is 5.91 Å². The summed E-state index contributed by atoms with van der Waals surface area (Å²) in [7, 11) is 0. The van der Waals surface area contributed by atoms with E-state index in [1.165, 1.54) is 6.21 Å². The maximum absolute atomic E-state index is 10.3. The van der Waals surface area contributed by atoms with Crippen molar-refractivity contribution in [3.8, 4) is 0 Å². The molecule has 4 nitrogen and oxygen atoms in total. The van der Waals surface area contributed by atoms with Gasteiger partial charge in [-0.3, -0.25) is 4.79 Å². The van der Waals surface area contributed by atoms with Gasteiger partial charge in [-0.05, 0) is 17.7 Å². The molecular weight excluding hydrogens is 204 g/mol. The highest BCUT2D eigenvalue weighted by Gasteiger charge is 1.91. The van der Waals surface area contributed by atoms with Gasteiger partial charge >= 0.3 is 0 Å². The molecule has 0 aliphatic carbocycles. The molecule has 2 N–H and O–H groups in total. The lowest BCUT2D eigenvalue weighted by atomic mass is 10.2. The number of carbonyl (C=O) groups excluding carboxylic acids is 1. The zero-order valence-corrected chi connectivity index (χ0v) is 8.07. The van der Waals surface area contributed by atoms with Crippen LogP contribution in [0.2, 0.25) is 5.02 Å². The van der Waals surface area contributed by atoms with Crippen LogP contribution in [0, 0.1) is 0 Å². The highest BCUT2D eigenvalue weighted by molar-refractivity contribution is 6.30. The third-order valence-corrected chi connectivity index (χ3v) is 1.61. The molecule has 74 valence electrons. The van der Waals surface area contributed by atoms with Gasteiger partial charge in [0, 0.05) is 5.02 Å². The topological polar surface area (TPSA) is 64.7 Å². The van der Waals surface area contributed by atoms with Crippen LogP contribution in [0.3, 0.4) is 0 Å². The van der Waals surface area contributed by atoms with Gasteiger partial charge in [-0.25, -0.2) is 0 Å². The summed E-state index contributed by atoms with van der Waals surface area (Å²) in [5, 5.41) is 4.20. The van der Waals surface area contributed by atoms with Crippen LogP contribution in [0.5, 0.6) is 0 Å². The number of halogens is 1. The van der Waals surface area contributed by atoms with Crippen LogP contribution in [0.25, 0.3) is 0 Å². The van der Waals surface area contributed by atoms with Gasteiger partial charge in [0.2, 0.25) is 0 Å². The Hall–Kier alpha value is -1.55. The molecule has 0 heterocycles. The molecule has 1 amide bonds. The van der Waals surface area contributed by atoms with Gasteiger partial charge in [-0.15, -0.1) is 0 Å². The van der Waals surface area contributed by atoms with E-state index >= 15 is 0 Å². The molecule has 1 rings (SSSR count). The van der Waals surface area contributed by atoms with Crippen molar-refractivity contribution in [3.63, 3.8) is 0 Å². The summed E-state index contributed by atoms with van der Waals surface area (Å²) in [6.07, 6.45) is 1.47. The molecule has 0 atom stereocenters. The summed E-state index contributed by atoms with van der Waals surface area (Å²) in [5.41, 5.74) is 5.67. The van der Waals surface area contributed by atoms with Gasteiger partial charge in [0.15, 0.2) is 6.61 Å². The molecule has 0 aromatic heterocycles. The van der Waals surface area contributed by atoms with Crippen molar-refractivity contribution in [3.05, 3.63) is 34.9 Å². The number of oxime groups is 1. The fourth-order valence-electron chi connectivity index (χ4n) is 0.748. The normalized spacial score (nSPS) is 10.4. The van der Waals surface area contributed by atoms with Crippen molar-refractivity contribution < 1.29 is 9.63 Å². The minimum Gasteiger partial charge on any atom is -0.386 e. The summed E-state index contributed by atoms with van der Waals surface area (Å²) < 4.78 is 0. The molecule has 1 aromatic rings. The van der Waals surface area contributed by atoms with E-state index in [0.29, 0.717) is 5.02 Å². The largest absolute Gasteiger partial charge is 0.386 e. The minimum atomic E-state index is -0.557. The quantitative estimate of drug-likeness (QED) is 0.602. The maximum Gasteiger partial charge on any atom is 0.258 e. The van der Waals surface area contributed by atoms with Crippen molar-refractivity contribution in [2.75, 3.05) is 6.61 Å². The van der Waals surface area contributed by atoms with E-state index in [1.807, 2.05) is 0 Å². The first kappa shape index (κ1) is 10.5. The lowest BCUT2D eigenvalue weighted by Gasteiger charge is -1.94. The molecule has 0 saturated heterocycles. The lowest BCUT2D eigenvalue weighted by molar-refractivity contribution is -0.122. The molecule has 1 aromatic carbocycles. The molecule has 0 bridgehead atoms. The van der Waals surface area contributed by atoms with Crippen LogP contribution < -0.4 is 5.73 Å². The molecule has 0 saturated carbocycles. The third kappa shape index (κ3) is 3.91. The van der Waals surface area contributed by atoms with Crippen LogP contribution in [0.15, 0.2) is 29.4 Å². The Balaban J connectivity index is 2.44. The molecular formula is C9H9ClN2O2. The first-order valence-electron chi connectivity index (χ1n) is 3.87. The van der Waals surface area contributed by atoms with Gasteiger partial charge in [-0.2, -0.15) is 0 Å². The smallest absolute Gasteiger partial charge is 0.258 e. The van der Waals surface area contributed by atoms with Crippen molar-refractivity contribution in [1.82, 2.24) is 0 Å². The number of amides is 1. The average molecular weight is 213 g/mol. The Kier molecular flexibility index (Phi) is 3.94. The van der Waals surface area contributed by atoms with Crippen molar-refractivity contribution in [2.24, 2.45) is 10.9 Å². The van der Waals surface area contributed by atoms with Crippen LogP contribution in [-0.2, 0) is 9.63 Å². The summed E-state index contributed by atoms with van der Waals surface area (Å²) >= 11 is 5.68. The highest BCUT2D eigenvalue weighted by Crippen LogP contribution is 2.07. The highest BCUT2D eigenvalue weighted by atomic mass is 35.5. The number of nitrogens with two attached hydrogens (primary N) is 1. The average Bonchev–Trinajstić information content (AvgIpc) is 2.15. The van der Waals surface area contributed by atoms with Crippen LogP contribution in [0.1, 0.15) is 5.56 Å². The number of hydrogen-bond acceptors (Lipinski definition) is 3. The second kappa shape index (κ2) is 5.24. The second-order valence-electron chi connectivity index (χ2n) is 2.53. The second-order valence-corrected chi connectivity index (χ2v) is 2.96. The Morgan fingerprint density at radius 2 is 2.14 bits per heavy atom. The lowest BCUT2D eigenvalue weighted by Crippen LogP contribution is -2.16. The van der Waals surface area contributed by atoms with E-state index in [2.05, 4.69) is 9.99 Å². The molecule has 0 aliphatic heterocycles. The Bertz CT molecular complexity index is 335. The van der Waals surface area contributed by atoms with E-state index in [4.69, 9.17) is 17.3 Å². The van der Waals surface area contributed by atoms with Crippen LogP contribution in [0.4, 0.5) is 0 Å². The van der Waals surface area contributed by atoms with E-state index in [1.54, 1.807) is 24.3 Å². The molecule has 0 aliphatic rings. The van der Waals surface area contributed by atoms with Crippen LogP contribution >= 0.6 is 11.6 Å². The number of rotatable bonds is 4. The Labute approximate surface area is 86.3 Å². The zero-order chi connectivity index (χ0) is 10.4. The Morgan fingerprint density at radius 1 is 1.50 bits per heavy atom. The van der Waals surface area contributed by atoms with E-state index in [-0.39, 0.29) is 6.61 Å². The minimum absolute atomic E-state index is 0.218. The Morgan fingerprint density at radius 3 is 2.71 bits per heavy atom. The summed E-state index contributed by atoms with van der Waals surface area (Å²) in [6.45, 7) is -0.218. The number of primary amides is 1. The van der Waals surface area contributed by atoms with Gasteiger partial charge in [0.05, 0.1) is 6.21 Å². The van der Waals surface area contributed by atoms with E-state index in [9.17, 15) is 4.79 Å². The fraction of sp³-hybridized carbons (Fsp3) is 0.111. The van der Waals surface area contributed by atoms with Crippen molar-refractivity contribution in [2.45, 2.75) is 0 Å². The van der Waals surface area contributed by atoms with Gasteiger partial charge < -0.3 is 10.6 Å². The molecule has 0 unspecified atom stereocenters. The molecule has 14 heavy (non-hydrogen) atoms.